The summed E-state index contributed by atoms with van der Waals surface area (Å²) in [6.45, 7) is 1.96. The number of piperidine rings is 1. The maximum absolute atomic E-state index is 6.20. The van der Waals surface area contributed by atoms with Gasteiger partial charge in [0.05, 0.1) is 24.4 Å². The molecule has 6 aromatic rings. The first kappa shape index (κ1) is 20.8. The first-order valence-electron chi connectivity index (χ1n) is 12.0. The highest BCUT2D eigenvalue weighted by Gasteiger charge is 2.17. The first-order valence-corrected chi connectivity index (χ1v) is 12.0. The molecular weight excluding hydrogens is 454 g/mol. The molecule has 0 bridgehead atoms. The molecule has 7 rings (SSSR count). The van der Waals surface area contributed by atoms with Gasteiger partial charge in [0.2, 0.25) is 0 Å². The molecule has 0 aromatic carbocycles. The summed E-state index contributed by atoms with van der Waals surface area (Å²) in [7, 11) is 0. The Morgan fingerprint density at radius 1 is 0.889 bits per heavy atom. The smallest absolute Gasteiger partial charge is 0.155 e. The zero-order valence-electron chi connectivity index (χ0n) is 19.4. The minimum atomic E-state index is 0.215. The van der Waals surface area contributed by atoms with Crippen LogP contribution in [0.3, 0.4) is 0 Å². The van der Waals surface area contributed by atoms with E-state index in [4.69, 9.17) is 9.15 Å². The standard InChI is InChI=1S/C27H23N7O2/c1-5-28-6-2-19(1)36-20-9-17(12-29-14-20)18-10-23-25(33-34-27(23)31-13-18)24-11-22-21(16-4-8-35-15-16)3-7-30-26(22)32-24/h3-4,7-15,19,28H,1-2,5-6H2,(H,30,32)(H,31,33,34). The highest BCUT2D eigenvalue weighted by molar-refractivity contribution is 5.99. The Bertz CT molecular complexity index is 1660. The summed E-state index contributed by atoms with van der Waals surface area (Å²) < 4.78 is 11.5. The van der Waals surface area contributed by atoms with Crippen LogP contribution in [0.4, 0.5) is 0 Å². The van der Waals surface area contributed by atoms with Gasteiger partial charge in [-0.3, -0.25) is 10.1 Å². The van der Waals surface area contributed by atoms with E-state index in [9.17, 15) is 0 Å². The number of rotatable bonds is 5. The van der Waals surface area contributed by atoms with Crippen LogP contribution in [0.15, 0.2) is 72.1 Å². The number of fused-ring (bicyclic) bond motifs is 2. The zero-order valence-corrected chi connectivity index (χ0v) is 19.4. The van der Waals surface area contributed by atoms with E-state index >= 15 is 0 Å². The number of aromatic amines is 2. The topological polar surface area (TPSA) is 118 Å². The lowest BCUT2D eigenvalue weighted by atomic mass is 10.1. The van der Waals surface area contributed by atoms with Crippen molar-refractivity contribution in [2.75, 3.05) is 13.1 Å². The number of aromatic nitrogens is 6. The highest BCUT2D eigenvalue weighted by atomic mass is 16.5. The number of nitrogens with one attached hydrogen (secondary N) is 3. The molecule has 9 heteroatoms. The molecular formula is C27H23N7O2. The zero-order chi connectivity index (χ0) is 23.9. The lowest BCUT2D eigenvalue weighted by Gasteiger charge is -2.23. The van der Waals surface area contributed by atoms with Crippen LogP contribution in [0.5, 0.6) is 5.75 Å². The van der Waals surface area contributed by atoms with Crippen LogP contribution < -0.4 is 10.1 Å². The van der Waals surface area contributed by atoms with Crippen molar-refractivity contribution in [1.29, 1.82) is 0 Å². The third-order valence-electron chi connectivity index (χ3n) is 6.67. The Balaban J connectivity index is 1.26. The van der Waals surface area contributed by atoms with Crippen LogP contribution in [0.2, 0.25) is 0 Å². The maximum Gasteiger partial charge on any atom is 0.155 e. The Morgan fingerprint density at radius 3 is 2.69 bits per heavy atom. The van der Waals surface area contributed by atoms with E-state index < -0.39 is 0 Å². The number of ether oxygens (including phenoxy) is 1. The number of hydrogen-bond acceptors (Lipinski definition) is 7. The van der Waals surface area contributed by atoms with Crippen molar-refractivity contribution in [1.82, 2.24) is 35.5 Å². The molecule has 1 fully saturated rings. The SMILES string of the molecule is c1cc(-c2ccoc2)c2cc(-c3n[nH]c4ncc(-c5cncc(OC6CCNCC6)c5)cc34)[nH]c2n1. The number of H-pyrrole nitrogens is 2. The maximum atomic E-state index is 6.20. The second-order valence-electron chi connectivity index (χ2n) is 8.98. The lowest BCUT2D eigenvalue weighted by Crippen LogP contribution is -2.34. The van der Waals surface area contributed by atoms with Gasteiger partial charge in [-0.2, -0.15) is 5.10 Å². The molecule has 1 saturated heterocycles. The number of hydrogen-bond donors (Lipinski definition) is 3. The fourth-order valence-corrected chi connectivity index (χ4v) is 4.84. The average molecular weight is 478 g/mol. The molecule has 0 aliphatic carbocycles. The molecule has 0 spiro atoms. The van der Waals surface area contributed by atoms with Crippen molar-refractivity contribution in [2.24, 2.45) is 0 Å². The van der Waals surface area contributed by atoms with Gasteiger partial charge in [-0.25, -0.2) is 9.97 Å². The molecule has 0 unspecified atom stereocenters. The van der Waals surface area contributed by atoms with E-state index in [1.165, 1.54) is 0 Å². The summed E-state index contributed by atoms with van der Waals surface area (Å²) in [5.41, 5.74) is 7.09. The van der Waals surface area contributed by atoms with Gasteiger partial charge in [0.15, 0.2) is 5.65 Å². The largest absolute Gasteiger partial charge is 0.489 e. The van der Waals surface area contributed by atoms with Crippen LogP contribution >= 0.6 is 0 Å². The van der Waals surface area contributed by atoms with Crippen molar-refractivity contribution in [2.45, 2.75) is 18.9 Å². The van der Waals surface area contributed by atoms with Crippen molar-refractivity contribution in [3.05, 3.63) is 67.6 Å². The van der Waals surface area contributed by atoms with E-state index in [0.717, 1.165) is 81.7 Å². The van der Waals surface area contributed by atoms with Crippen molar-refractivity contribution < 1.29 is 9.15 Å². The molecule has 3 N–H and O–H groups in total. The molecule has 1 aliphatic rings. The highest BCUT2D eigenvalue weighted by Crippen LogP contribution is 2.34. The van der Waals surface area contributed by atoms with Gasteiger partial charge in [0, 0.05) is 46.1 Å². The van der Waals surface area contributed by atoms with E-state index in [-0.39, 0.29) is 6.10 Å². The van der Waals surface area contributed by atoms with Gasteiger partial charge >= 0.3 is 0 Å². The third kappa shape index (κ3) is 3.70. The summed E-state index contributed by atoms with van der Waals surface area (Å²) in [5, 5.41) is 12.9. The molecule has 6 aromatic heterocycles. The lowest BCUT2D eigenvalue weighted by molar-refractivity contribution is 0.162. The fraction of sp³-hybridized carbons (Fsp3) is 0.185. The van der Waals surface area contributed by atoms with Crippen molar-refractivity contribution in [3.8, 4) is 39.4 Å². The molecule has 0 amide bonds. The predicted molar refractivity (Wildman–Crippen MR) is 136 cm³/mol. The number of pyridine rings is 3. The third-order valence-corrected chi connectivity index (χ3v) is 6.67. The Hall–Kier alpha value is -4.50. The summed E-state index contributed by atoms with van der Waals surface area (Å²) in [6.07, 6.45) is 12.8. The van der Waals surface area contributed by atoms with Crippen molar-refractivity contribution in [3.63, 3.8) is 0 Å². The minimum absolute atomic E-state index is 0.215. The molecule has 0 atom stereocenters. The van der Waals surface area contributed by atoms with E-state index in [1.807, 2.05) is 30.6 Å². The molecule has 7 heterocycles. The first-order chi connectivity index (χ1) is 17.8. The van der Waals surface area contributed by atoms with Gasteiger partial charge in [-0.15, -0.1) is 0 Å². The quantitative estimate of drug-likeness (QED) is 0.321. The number of furan rings is 1. The predicted octanol–water partition coefficient (Wildman–Crippen LogP) is 4.95. The van der Waals surface area contributed by atoms with E-state index in [1.54, 1.807) is 24.9 Å². The number of nitrogens with zero attached hydrogens (tertiary/aromatic N) is 4. The Labute approximate surface area is 206 Å². The minimum Gasteiger partial charge on any atom is -0.489 e. The van der Waals surface area contributed by atoms with Gasteiger partial charge in [0.25, 0.3) is 0 Å². The van der Waals surface area contributed by atoms with Crippen LogP contribution in [0, 0.1) is 0 Å². The van der Waals surface area contributed by atoms with Crippen LogP contribution in [0.25, 0.3) is 55.7 Å². The molecule has 36 heavy (non-hydrogen) atoms. The van der Waals surface area contributed by atoms with Crippen LogP contribution in [-0.2, 0) is 0 Å². The summed E-state index contributed by atoms with van der Waals surface area (Å²) in [5.74, 6) is 0.778. The van der Waals surface area contributed by atoms with Gasteiger partial charge in [0.1, 0.15) is 23.2 Å². The van der Waals surface area contributed by atoms with Gasteiger partial charge < -0.3 is 19.5 Å². The van der Waals surface area contributed by atoms with Crippen LogP contribution in [-0.4, -0.2) is 49.3 Å². The summed E-state index contributed by atoms with van der Waals surface area (Å²) in [6, 6.07) is 10.1. The normalized spacial score (nSPS) is 14.6. The van der Waals surface area contributed by atoms with E-state index in [2.05, 4.69) is 47.6 Å². The molecule has 9 nitrogen and oxygen atoms in total. The fourth-order valence-electron chi connectivity index (χ4n) is 4.84. The van der Waals surface area contributed by atoms with Gasteiger partial charge in [-0.05, 0) is 61.8 Å². The van der Waals surface area contributed by atoms with E-state index in [0.29, 0.717) is 5.65 Å². The monoisotopic (exact) mass is 477 g/mol. The molecule has 0 saturated carbocycles. The van der Waals surface area contributed by atoms with Crippen LogP contribution in [0.1, 0.15) is 12.8 Å². The summed E-state index contributed by atoms with van der Waals surface area (Å²) in [4.78, 5) is 17.0. The molecule has 0 radical (unpaired) electrons. The Kier molecular flexibility index (Phi) is 4.99. The summed E-state index contributed by atoms with van der Waals surface area (Å²) >= 11 is 0. The average Bonchev–Trinajstić information content (AvgIpc) is 3.68. The molecule has 178 valence electrons. The van der Waals surface area contributed by atoms with Gasteiger partial charge in [-0.1, -0.05) is 0 Å². The second-order valence-corrected chi connectivity index (χ2v) is 8.98. The molecule has 1 aliphatic heterocycles. The Morgan fingerprint density at radius 2 is 1.81 bits per heavy atom. The second kappa shape index (κ2) is 8.62. The van der Waals surface area contributed by atoms with Crippen molar-refractivity contribution >= 4 is 22.1 Å².